The third kappa shape index (κ3) is 4.59. The molecule has 0 saturated heterocycles. The first-order valence-corrected chi connectivity index (χ1v) is 8.80. The van der Waals surface area contributed by atoms with Crippen molar-refractivity contribution in [2.24, 2.45) is 5.41 Å². The highest BCUT2D eigenvalue weighted by Crippen LogP contribution is 2.40. The number of aliphatic carboxylic acids is 1. The molecule has 25 heavy (non-hydrogen) atoms. The number of carbonyl (C=O) groups excluding carboxylic acids is 2. The van der Waals surface area contributed by atoms with Crippen LogP contribution in [0.5, 0.6) is 0 Å². The Morgan fingerprint density at radius 2 is 1.84 bits per heavy atom. The van der Waals surface area contributed by atoms with Gasteiger partial charge in [-0.15, -0.1) is 0 Å². The van der Waals surface area contributed by atoms with Crippen LogP contribution in [0.3, 0.4) is 0 Å². The van der Waals surface area contributed by atoms with E-state index in [-0.39, 0.29) is 18.2 Å². The molecule has 0 spiro atoms. The van der Waals surface area contributed by atoms with Gasteiger partial charge in [0.05, 0.1) is 5.41 Å². The Hall–Kier alpha value is -2.37. The summed E-state index contributed by atoms with van der Waals surface area (Å²) < 4.78 is 0. The average Bonchev–Trinajstić information content (AvgIpc) is 2.57. The van der Waals surface area contributed by atoms with Crippen LogP contribution in [0, 0.1) is 12.3 Å². The molecule has 0 aliphatic heterocycles. The molecule has 1 aliphatic rings. The molecule has 3 N–H and O–H groups in total. The number of amides is 2. The van der Waals surface area contributed by atoms with Gasteiger partial charge < -0.3 is 15.7 Å². The van der Waals surface area contributed by atoms with Crippen molar-refractivity contribution in [1.82, 2.24) is 5.32 Å². The van der Waals surface area contributed by atoms with E-state index in [4.69, 9.17) is 0 Å². The minimum atomic E-state index is -0.965. The molecule has 6 heteroatoms. The summed E-state index contributed by atoms with van der Waals surface area (Å²) in [5, 5.41) is 15.1. The van der Waals surface area contributed by atoms with E-state index in [0.717, 1.165) is 24.8 Å². The molecule has 0 heterocycles. The number of nitrogens with one attached hydrogen (secondary N) is 2. The number of benzene rings is 1. The molecular formula is C19H26N2O4. The van der Waals surface area contributed by atoms with Crippen LogP contribution >= 0.6 is 0 Å². The van der Waals surface area contributed by atoms with Gasteiger partial charge in [0.25, 0.3) is 5.91 Å². The summed E-state index contributed by atoms with van der Waals surface area (Å²) in [4.78, 5) is 36.1. The predicted molar refractivity (Wildman–Crippen MR) is 95.6 cm³/mol. The van der Waals surface area contributed by atoms with E-state index in [0.29, 0.717) is 30.6 Å². The monoisotopic (exact) mass is 346 g/mol. The van der Waals surface area contributed by atoms with Gasteiger partial charge in [0.15, 0.2) is 0 Å². The van der Waals surface area contributed by atoms with Crippen LogP contribution in [0.2, 0.25) is 0 Å². The van der Waals surface area contributed by atoms with Crippen LogP contribution in [0.15, 0.2) is 18.2 Å². The topological polar surface area (TPSA) is 95.5 Å². The number of hydrogen-bond donors (Lipinski definition) is 3. The predicted octanol–water partition coefficient (Wildman–Crippen LogP) is 3.11. The van der Waals surface area contributed by atoms with Crippen molar-refractivity contribution >= 4 is 23.5 Å². The summed E-state index contributed by atoms with van der Waals surface area (Å²) in [6, 6.07) is 5.11. The van der Waals surface area contributed by atoms with Crippen LogP contribution in [-0.4, -0.2) is 29.4 Å². The van der Waals surface area contributed by atoms with Crippen molar-refractivity contribution in [1.29, 1.82) is 0 Å². The second kappa shape index (κ2) is 8.14. The molecule has 6 nitrogen and oxygen atoms in total. The first-order valence-electron chi connectivity index (χ1n) is 8.80. The van der Waals surface area contributed by atoms with Crippen LogP contribution < -0.4 is 10.6 Å². The highest BCUT2D eigenvalue weighted by Gasteiger charge is 2.41. The van der Waals surface area contributed by atoms with Gasteiger partial charge in [0.2, 0.25) is 5.91 Å². The van der Waals surface area contributed by atoms with Gasteiger partial charge in [-0.05, 0) is 44.4 Å². The van der Waals surface area contributed by atoms with E-state index >= 15 is 0 Å². The minimum Gasteiger partial charge on any atom is -0.481 e. The van der Waals surface area contributed by atoms with E-state index in [9.17, 15) is 19.5 Å². The van der Waals surface area contributed by atoms with Gasteiger partial charge in [0.1, 0.15) is 0 Å². The Labute approximate surface area is 148 Å². The number of anilines is 1. The fraction of sp³-hybridized carbons (Fsp3) is 0.526. The fourth-order valence-corrected chi connectivity index (χ4v) is 3.36. The first kappa shape index (κ1) is 19.0. The lowest BCUT2D eigenvalue weighted by Gasteiger charge is -2.32. The SMILES string of the molecule is CCNC(=O)c1ccc(C)c(NC(=O)CC2(C(=O)O)CCCCC2)c1. The van der Waals surface area contributed by atoms with Crippen molar-refractivity contribution in [2.45, 2.75) is 52.4 Å². The lowest BCUT2D eigenvalue weighted by molar-refractivity contribution is -0.153. The normalized spacial score (nSPS) is 16.1. The Kier molecular flexibility index (Phi) is 6.17. The average molecular weight is 346 g/mol. The third-order valence-electron chi connectivity index (χ3n) is 4.87. The van der Waals surface area contributed by atoms with E-state index in [1.54, 1.807) is 18.2 Å². The van der Waals surface area contributed by atoms with Crippen LogP contribution in [0.1, 0.15) is 61.4 Å². The van der Waals surface area contributed by atoms with E-state index in [2.05, 4.69) is 10.6 Å². The zero-order valence-corrected chi connectivity index (χ0v) is 14.9. The van der Waals surface area contributed by atoms with Crippen molar-refractivity contribution in [3.8, 4) is 0 Å². The largest absolute Gasteiger partial charge is 0.481 e. The van der Waals surface area contributed by atoms with Gasteiger partial charge in [0, 0.05) is 24.2 Å². The fourth-order valence-electron chi connectivity index (χ4n) is 3.36. The number of aryl methyl sites for hydroxylation is 1. The number of carboxylic acid groups (broad SMARTS) is 1. The Morgan fingerprint density at radius 3 is 2.44 bits per heavy atom. The maximum absolute atomic E-state index is 12.5. The second-order valence-electron chi connectivity index (χ2n) is 6.76. The van der Waals surface area contributed by atoms with Crippen molar-refractivity contribution in [3.05, 3.63) is 29.3 Å². The van der Waals surface area contributed by atoms with Crippen molar-refractivity contribution in [3.63, 3.8) is 0 Å². The lowest BCUT2D eigenvalue weighted by Crippen LogP contribution is -2.37. The first-order chi connectivity index (χ1) is 11.9. The summed E-state index contributed by atoms with van der Waals surface area (Å²) in [6.07, 6.45) is 3.73. The highest BCUT2D eigenvalue weighted by molar-refractivity contribution is 5.98. The van der Waals surface area contributed by atoms with Gasteiger partial charge >= 0.3 is 5.97 Å². The Balaban J connectivity index is 2.12. The van der Waals surface area contributed by atoms with Gasteiger partial charge in [-0.25, -0.2) is 0 Å². The van der Waals surface area contributed by atoms with Crippen molar-refractivity contribution in [2.75, 3.05) is 11.9 Å². The Bertz CT molecular complexity index is 663. The number of hydrogen-bond acceptors (Lipinski definition) is 3. The number of carboxylic acids is 1. The molecule has 1 aromatic rings. The van der Waals surface area contributed by atoms with Gasteiger partial charge in [-0.1, -0.05) is 25.3 Å². The molecular weight excluding hydrogens is 320 g/mol. The molecule has 0 aromatic heterocycles. The van der Waals surface area contributed by atoms with E-state index < -0.39 is 11.4 Å². The molecule has 0 atom stereocenters. The standard InChI is InChI=1S/C19H26N2O4/c1-3-20-17(23)14-8-7-13(2)15(11-14)21-16(22)12-19(18(24)25)9-5-4-6-10-19/h7-8,11H,3-6,9-10,12H2,1-2H3,(H,20,23)(H,21,22)(H,24,25). The minimum absolute atomic E-state index is 0.0346. The molecule has 0 unspecified atom stereocenters. The molecule has 0 radical (unpaired) electrons. The number of rotatable bonds is 6. The van der Waals surface area contributed by atoms with Gasteiger partial charge in [-0.2, -0.15) is 0 Å². The molecule has 136 valence electrons. The molecule has 1 aliphatic carbocycles. The number of carbonyl (C=O) groups is 3. The lowest BCUT2D eigenvalue weighted by atomic mass is 9.71. The quantitative estimate of drug-likeness (QED) is 0.737. The summed E-state index contributed by atoms with van der Waals surface area (Å²) in [7, 11) is 0. The summed E-state index contributed by atoms with van der Waals surface area (Å²) in [5.74, 6) is -1.41. The second-order valence-corrected chi connectivity index (χ2v) is 6.76. The van der Waals surface area contributed by atoms with Crippen LogP contribution in [0.4, 0.5) is 5.69 Å². The smallest absolute Gasteiger partial charge is 0.310 e. The molecule has 2 amide bonds. The Morgan fingerprint density at radius 1 is 1.16 bits per heavy atom. The molecule has 0 bridgehead atoms. The molecule has 2 rings (SSSR count). The van der Waals surface area contributed by atoms with Crippen LogP contribution in [-0.2, 0) is 9.59 Å². The molecule has 1 saturated carbocycles. The van der Waals surface area contributed by atoms with E-state index in [1.807, 2.05) is 13.8 Å². The van der Waals surface area contributed by atoms with Crippen molar-refractivity contribution < 1.29 is 19.5 Å². The van der Waals surface area contributed by atoms with E-state index in [1.165, 1.54) is 0 Å². The molecule has 1 fully saturated rings. The highest BCUT2D eigenvalue weighted by atomic mass is 16.4. The summed E-state index contributed by atoms with van der Waals surface area (Å²) in [6.45, 7) is 4.20. The summed E-state index contributed by atoms with van der Waals surface area (Å²) in [5.41, 5.74) is 0.876. The van der Waals surface area contributed by atoms with Gasteiger partial charge in [-0.3, -0.25) is 14.4 Å². The molecule has 1 aromatic carbocycles. The maximum Gasteiger partial charge on any atom is 0.310 e. The zero-order valence-electron chi connectivity index (χ0n) is 14.9. The van der Waals surface area contributed by atoms with Crippen LogP contribution in [0.25, 0.3) is 0 Å². The summed E-state index contributed by atoms with van der Waals surface area (Å²) >= 11 is 0. The third-order valence-corrected chi connectivity index (χ3v) is 4.87. The zero-order chi connectivity index (χ0) is 18.4. The maximum atomic E-state index is 12.5.